The molecule has 33 heavy (non-hydrogen) atoms. The van der Waals surface area contributed by atoms with Gasteiger partial charge in [-0.2, -0.15) is 0 Å². The predicted octanol–water partition coefficient (Wildman–Crippen LogP) is 6.00. The lowest BCUT2D eigenvalue weighted by Gasteiger charge is -2.16. The Morgan fingerprint density at radius 2 is 1.45 bits per heavy atom. The number of anilines is 1. The molecule has 1 saturated heterocycles. The van der Waals surface area contributed by atoms with Crippen molar-refractivity contribution in [1.82, 2.24) is 0 Å². The van der Waals surface area contributed by atoms with Crippen molar-refractivity contribution in [1.29, 1.82) is 0 Å². The molecule has 7 heteroatoms. The van der Waals surface area contributed by atoms with Crippen LogP contribution in [0.5, 0.6) is 17.2 Å². The van der Waals surface area contributed by atoms with Crippen molar-refractivity contribution in [2.24, 2.45) is 4.99 Å². The summed E-state index contributed by atoms with van der Waals surface area (Å²) in [6, 6.07) is 21.5. The maximum absolute atomic E-state index is 13.4. The highest BCUT2D eigenvalue weighted by molar-refractivity contribution is 8.19. The fourth-order valence-electron chi connectivity index (χ4n) is 3.25. The SMILES string of the molecule is CCOc1ccc(N=C2S/C(=C/c3ccc(O)cc3)C(=O)N2c2ccc(OCC)cc2)cc1. The molecule has 4 rings (SSSR count). The Balaban J connectivity index is 1.70. The molecule has 0 aliphatic carbocycles. The van der Waals surface area contributed by atoms with Crippen LogP contribution >= 0.6 is 11.8 Å². The van der Waals surface area contributed by atoms with Crippen molar-refractivity contribution in [3.63, 3.8) is 0 Å². The number of amides is 1. The molecule has 0 spiro atoms. The molecule has 0 bridgehead atoms. The lowest BCUT2D eigenvalue weighted by Crippen LogP contribution is -2.28. The molecular weight excluding hydrogens is 436 g/mol. The van der Waals surface area contributed by atoms with E-state index in [2.05, 4.69) is 0 Å². The number of hydrogen-bond acceptors (Lipinski definition) is 6. The first kappa shape index (κ1) is 22.5. The highest BCUT2D eigenvalue weighted by atomic mass is 32.2. The fourth-order valence-corrected chi connectivity index (χ4v) is 4.25. The number of hydrogen-bond donors (Lipinski definition) is 1. The summed E-state index contributed by atoms with van der Waals surface area (Å²) < 4.78 is 11.0. The van der Waals surface area contributed by atoms with Gasteiger partial charge < -0.3 is 14.6 Å². The molecular formula is C26H24N2O4S. The summed E-state index contributed by atoms with van der Waals surface area (Å²) in [6.07, 6.45) is 1.80. The molecule has 168 valence electrons. The molecule has 6 nitrogen and oxygen atoms in total. The van der Waals surface area contributed by atoms with Gasteiger partial charge in [-0.1, -0.05) is 12.1 Å². The zero-order valence-corrected chi connectivity index (χ0v) is 19.2. The summed E-state index contributed by atoms with van der Waals surface area (Å²) in [5.41, 5.74) is 2.24. The first-order valence-electron chi connectivity index (χ1n) is 10.6. The zero-order chi connectivity index (χ0) is 23.2. The van der Waals surface area contributed by atoms with Gasteiger partial charge in [0.15, 0.2) is 5.17 Å². The van der Waals surface area contributed by atoms with Gasteiger partial charge in [0.1, 0.15) is 17.2 Å². The average Bonchev–Trinajstić information content (AvgIpc) is 3.12. The number of rotatable bonds is 7. The molecule has 1 amide bonds. The molecule has 0 unspecified atom stereocenters. The first-order chi connectivity index (χ1) is 16.1. The summed E-state index contributed by atoms with van der Waals surface area (Å²) >= 11 is 1.31. The number of phenols is 1. The third kappa shape index (κ3) is 5.38. The Bertz CT molecular complexity index is 1170. The van der Waals surface area contributed by atoms with E-state index in [0.717, 1.165) is 22.7 Å². The van der Waals surface area contributed by atoms with Crippen LogP contribution < -0.4 is 14.4 Å². The quantitative estimate of drug-likeness (QED) is 0.438. The minimum atomic E-state index is -0.165. The molecule has 1 heterocycles. The third-order valence-electron chi connectivity index (χ3n) is 4.78. The number of benzene rings is 3. The Hall–Kier alpha value is -3.71. The van der Waals surface area contributed by atoms with Crippen LogP contribution in [0.4, 0.5) is 11.4 Å². The van der Waals surface area contributed by atoms with Crippen LogP contribution in [0, 0.1) is 0 Å². The van der Waals surface area contributed by atoms with Crippen molar-refractivity contribution in [2.75, 3.05) is 18.1 Å². The van der Waals surface area contributed by atoms with Crippen LogP contribution in [0.25, 0.3) is 6.08 Å². The van der Waals surface area contributed by atoms with E-state index in [-0.39, 0.29) is 11.7 Å². The molecule has 0 aromatic heterocycles. The number of ether oxygens (including phenoxy) is 2. The van der Waals surface area contributed by atoms with Crippen molar-refractivity contribution < 1.29 is 19.4 Å². The van der Waals surface area contributed by atoms with Gasteiger partial charge in [0.2, 0.25) is 0 Å². The summed E-state index contributed by atoms with van der Waals surface area (Å²) in [4.78, 5) is 20.3. The predicted molar refractivity (Wildman–Crippen MR) is 133 cm³/mol. The molecule has 0 radical (unpaired) electrons. The van der Waals surface area contributed by atoms with Gasteiger partial charge in [-0.15, -0.1) is 0 Å². The van der Waals surface area contributed by atoms with Crippen molar-refractivity contribution in [2.45, 2.75) is 13.8 Å². The van der Waals surface area contributed by atoms with Crippen molar-refractivity contribution in [3.8, 4) is 17.2 Å². The molecule has 0 saturated carbocycles. The summed E-state index contributed by atoms with van der Waals surface area (Å²) in [5.74, 6) is 1.52. The van der Waals surface area contributed by atoms with Crippen LogP contribution in [0.15, 0.2) is 82.7 Å². The maximum atomic E-state index is 13.4. The summed E-state index contributed by atoms with van der Waals surface area (Å²) in [5, 5.41) is 10.1. The van der Waals surface area contributed by atoms with Crippen LogP contribution in [0.2, 0.25) is 0 Å². The Kier molecular flexibility index (Phi) is 7.00. The number of thioether (sulfide) groups is 1. The van der Waals surface area contributed by atoms with Crippen molar-refractivity contribution in [3.05, 3.63) is 83.3 Å². The van der Waals surface area contributed by atoms with E-state index < -0.39 is 0 Å². The van der Waals surface area contributed by atoms with Crippen LogP contribution in [0.3, 0.4) is 0 Å². The standard InChI is InChI=1S/C26H24N2O4S/c1-3-31-22-13-7-19(8-14-22)27-26-28(20-9-15-23(16-10-20)32-4-2)25(30)24(33-26)17-18-5-11-21(29)12-6-18/h5-17,29H,3-4H2,1-2H3/b24-17+,27-26?. The minimum Gasteiger partial charge on any atom is -0.508 e. The molecule has 0 atom stereocenters. The monoisotopic (exact) mass is 460 g/mol. The highest BCUT2D eigenvalue weighted by Gasteiger charge is 2.34. The molecule has 1 aliphatic heterocycles. The topological polar surface area (TPSA) is 71.4 Å². The van der Waals surface area contributed by atoms with E-state index in [0.29, 0.717) is 29.0 Å². The van der Waals surface area contributed by atoms with Gasteiger partial charge in [-0.05, 0) is 97.9 Å². The number of aromatic hydroxyl groups is 1. The number of carbonyl (C=O) groups is 1. The largest absolute Gasteiger partial charge is 0.508 e. The van der Waals surface area contributed by atoms with E-state index >= 15 is 0 Å². The Morgan fingerprint density at radius 1 is 0.879 bits per heavy atom. The number of aliphatic imine (C=N–C) groups is 1. The van der Waals surface area contributed by atoms with E-state index in [1.54, 1.807) is 35.2 Å². The summed E-state index contributed by atoms with van der Waals surface area (Å²) in [6.45, 7) is 5.03. The van der Waals surface area contributed by atoms with Gasteiger partial charge in [-0.25, -0.2) is 4.99 Å². The van der Waals surface area contributed by atoms with E-state index in [4.69, 9.17) is 14.5 Å². The highest BCUT2D eigenvalue weighted by Crippen LogP contribution is 2.38. The maximum Gasteiger partial charge on any atom is 0.271 e. The number of phenolic OH excluding ortho intramolecular Hbond substituents is 1. The van der Waals surface area contributed by atoms with Gasteiger partial charge in [0.05, 0.1) is 29.5 Å². The van der Waals surface area contributed by atoms with E-state index in [1.807, 2.05) is 62.4 Å². The zero-order valence-electron chi connectivity index (χ0n) is 18.4. The van der Waals surface area contributed by atoms with Crippen LogP contribution in [-0.2, 0) is 4.79 Å². The first-order valence-corrected chi connectivity index (χ1v) is 11.5. The van der Waals surface area contributed by atoms with E-state index in [9.17, 15) is 9.90 Å². The normalized spacial score (nSPS) is 15.9. The molecule has 3 aromatic carbocycles. The lowest BCUT2D eigenvalue weighted by atomic mass is 10.2. The third-order valence-corrected chi connectivity index (χ3v) is 5.74. The van der Waals surface area contributed by atoms with Gasteiger partial charge in [0.25, 0.3) is 5.91 Å². The molecule has 3 aromatic rings. The minimum absolute atomic E-state index is 0.165. The average molecular weight is 461 g/mol. The van der Waals surface area contributed by atoms with E-state index in [1.165, 1.54) is 11.8 Å². The van der Waals surface area contributed by atoms with Crippen molar-refractivity contribution >= 4 is 40.3 Å². The molecule has 1 N–H and O–H groups in total. The second kappa shape index (κ2) is 10.3. The second-order valence-corrected chi connectivity index (χ2v) is 8.10. The van der Waals surface area contributed by atoms with Gasteiger partial charge in [0, 0.05) is 0 Å². The molecule has 1 aliphatic rings. The number of carbonyl (C=O) groups excluding carboxylic acids is 1. The Labute approximate surface area is 197 Å². The van der Waals surface area contributed by atoms with Crippen LogP contribution in [-0.4, -0.2) is 29.4 Å². The smallest absolute Gasteiger partial charge is 0.271 e. The lowest BCUT2D eigenvalue weighted by molar-refractivity contribution is -0.113. The summed E-state index contributed by atoms with van der Waals surface area (Å²) in [7, 11) is 0. The fraction of sp³-hybridized carbons (Fsp3) is 0.154. The van der Waals surface area contributed by atoms with Gasteiger partial charge >= 0.3 is 0 Å². The number of amidine groups is 1. The van der Waals surface area contributed by atoms with Crippen LogP contribution in [0.1, 0.15) is 19.4 Å². The number of nitrogens with zero attached hydrogens (tertiary/aromatic N) is 2. The molecule has 1 fully saturated rings. The second-order valence-electron chi connectivity index (χ2n) is 7.09. The Morgan fingerprint density at radius 3 is 2.03 bits per heavy atom. The van der Waals surface area contributed by atoms with Gasteiger partial charge in [-0.3, -0.25) is 9.69 Å².